The Morgan fingerprint density at radius 1 is 1.12 bits per heavy atom. The zero-order valence-electron chi connectivity index (χ0n) is 14.1. The first-order valence-corrected chi connectivity index (χ1v) is 9.49. The quantitative estimate of drug-likeness (QED) is 0.626. The van der Waals surface area contributed by atoms with E-state index in [1.54, 1.807) is 0 Å². The number of nitrogens with zero attached hydrogens (tertiary/aromatic N) is 3. The predicted molar refractivity (Wildman–Crippen MR) is 102 cm³/mol. The van der Waals surface area contributed by atoms with Gasteiger partial charge in [0.25, 0.3) is 0 Å². The third-order valence-electron chi connectivity index (χ3n) is 4.16. The first-order valence-electron chi connectivity index (χ1n) is 8.23. The highest BCUT2D eigenvalue weighted by molar-refractivity contribution is 8.00. The Morgan fingerprint density at radius 3 is 2.50 bits per heavy atom. The summed E-state index contributed by atoms with van der Waals surface area (Å²) in [6, 6.07) is 15.6. The van der Waals surface area contributed by atoms with Crippen LogP contribution >= 0.6 is 23.4 Å². The maximum atomic E-state index is 11.9. The summed E-state index contributed by atoms with van der Waals surface area (Å²) >= 11 is 7.42. The number of esters is 1. The number of thioether (sulfide) groups is 1. The number of rotatable bonds is 4. The number of aromatic nitrogens is 3. The molecular formula is C19H16ClN3O2S. The topological polar surface area (TPSA) is 57.0 Å². The van der Waals surface area contributed by atoms with Crippen LogP contribution in [0.1, 0.15) is 12.0 Å². The molecule has 0 aliphatic carbocycles. The lowest BCUT2D eigenvalue weighted by Gasteiger charge is -2.12. The van der Waals surface area contributed by atoms with Crippen molar-refractivity contribution in [3.8, 4) is 17.1 Å². The lowest BCUT2D eigenvalue weighted by Crippen LogP contribution is -2.11. The molecule has 26 heavy (non-hydrogen) atoms. The molecule has 2 aromatic carbocycles. The normalized spacial score (nSPS) is 16.7. The molecule has 1 aliphatic rings. The van der Waals surface area contributed by atoms with Gasteiger partial charge in [0, 0.05) is 22.7 Å². The Kier molecular flexibility index (Phi) is 4.70. The van der Waals surface area contributed by atoms with Gasteiger partial charge in [-0.25, -0.2) is 0 Å². The molecule has 0 radical (unpaired) electrons. The number of hydrogen-bond donors (Lipinski definition) is 0. The molecule has 0 saturated carbocycles. The van der Waals surface area contributed by atoms with Crippen LogP contribution in [0.3, 0.4) is 0 Å². The van der Waals surface area contributed by atoms with Crippen LogP contribution in [0.15, 0.2) is 53.7 Å². The Balaban J connectivity index is 1.80. The third kappa shape index (κ3) is 3.34. The zero-order valence-corrected chi connectivity index (χ0v) is 15.6. The van der Waals surface area contributed by atoms with E-state index in [2.05, 4.69) is 10.2 Å². The molecule has 7 heteroatoms. The summed E-state index contributed by atoms with van der Waals surface area (Å²) < 4.78 is 7.02. The van der Waals surface area contributed by atoms with Gasteiger partial charge < -0.3 is 4.74 Å². The first kappa shape index (κ1) is 17.1. The van der Waals surface area contributed by atoms with Gasteiger partial charge in [-0.3, -0.25) is 9.36 Å². The van der Waals surface area contributed by atoms with Gasteiger partial charge in [0.1, 0.15) is 5.25 Å². The van der Waals surface area contributed by atoms with E-state index in [4.69, 9.17) is 16.3 Å². The van der Waals surface area contributed by atoms with Gasteiger partial charge in [-0.15, -0.1) is 10.2 Å². The molecule has 1 atom stereocenters. The molecule has 5 nitrogen and oxygen atoms in total. The fraction of sp³-hybridized carbons (Fsp3) is 0.211. The van der Waals surface area contributed by atoms with Crippen LogP contribution in [-0.4, -0.2) is 32.6 Å². The van der Waals surface area contributed by atoms with E-state index in [1.165, 1.54) is 17.3 Å². The lowest BCUT2D eigenvalue weighted by molar-refractivity contribution is -0.137. The molecule has 0 spiro atoms. The fourth-order valence-electron chi connectivity index (χ4n) is 2.77. The van der Waals surface area contributed by atoms with Crippen molar-refractivity contribution < 1.29 is 9.53 Å². The molecule has 1 aliphatic heterocycles. The largest absolute Gasteiger partial charge is 0.465 e. The minimum Gasteiger partial charge on any atom is -0.465 e. The monoisotopic (exact) mass is 385 g/mol. The molecule has 4 rings (SSSR count). The average Bonchev–Trinajstić information content (AvgIpc) is 3.24. The van der Waals surface area contributed by atoms with Crippen molar-refractivity contribution in [2.45, 2.75) is 23.8 Å². The molecule has 0 amide bonds. The highest BCUT2D eigenvalue weighted by atomic mass is 35.5. The van der Waals surface area contributed by atoms with Crippen LogP contribution < -0.4 is 0 Å². The van der Waals surface area contributed by atoms with Crippen molar-refractivity contribution >= 4 is 29.3 Å². The number of aryl methyl sites for hydroxylation is 1. The van der Waals surface area contributed by atoms with Gasteiger partial charge in [0.2, 0.25) is 0 Å². The second-order valence-corrected chi connectivity index (χ2v) is 7.65. The minimum atomic E-state index is -0.254. The first-order chi connectivity index (χ1) is 12.6. The summed E-state index contributed by atoms with van der Waals surface area (Å²) in [5.74, 6) is 0.527. The molecule has 1 saturated heterocycles. The zero-order chi connectivity index (χ0) is 18.1. The van der Waals surface area contributed by atoms with Crippen molar-refractivity contribution in [2.24, 2.45) is 0 Å². The Bertz CT molecular complexity index is 938. The number of hydrogen-bond acceptors (Lipinski definition) is 5. The van der Waals surface area contributed by atoms with Gasteiger partial charge in [-0.05, 0) is 31.2 Å². The van der Waals surface area contributed by atoms with Crippen LogP contribution in [0.25, 0.3) is 17.1 Å². The Labute approximate surface area is 160 Å². The van der Waals surface area contributed by atoms with Gasteiger partial charge in [0.15, 0.2) is 11.0 Å². The van der Waals surface area contributed by atoms with Crippen molar-refractivity contribution in [2.75, 3.05) is 6.61 Å². The smallest absolute Gasteiger partial charge is 0.319 e. The van der Waals surface area contributed by atoms with E-state index in [1.807, 2.05) is 60.0 Å². The highest BCUT2D eigenvalue weighted by Gasteiger charge is 2.30. The molecule has 0 N–H and O–H groups in total. The van der Waals surface area contributed by atoms with Crippen molar-refractivity contribution in [3.63, 3.8) is 0 Å². The Morgan fingerprint density at radius 2 is 1.85 bits per heavy atom. The van der Waals surface area contributed by atoms with E-state index in [0.717, 1.165) is 17.1 Å². The molecule has 132 valence electrons. The maximum absolute atomic E-state index is 11.9. The second kappa shape index (κ2) is 7.13. The number of carbonyl (C=O) groups excluding carboxylic acids is 1. The van der Waals surface area contributed by atoms with Gasteiger partial charge in [-0.2, -0.15) is 0 Å². The fourth-order valence-corrected chi connectivity index (χ4v) is 3.91. The summed E-state index contributed by atoms with van der Waals surface area (Å²) in [6.07, 6.45) is 0.677. The summed E-state index contributed by atoms with van der Waals surface area (Å²) in [7, 11) is 0. The van der Waals surface area contributed by atoms with E-state index in [0.29, 0.717) is 23.2 Å². The molecular weight excluding hydrogens is 370 g/mol. The number of cyclic esters (lactones) is 1. The van der Waals surface area contributed by atoms with E-state index >= 15 is 0 Å². The van der Waals surface area contributed by atoms with E-state index in [9.17, 15) is 4.79 Å². The average molecular weight is 386 g/mol. The van der Waals surface area contributed by atoms with Crippen LogP contribution in [0, 0.1) is 6.92 Å². The second-order valence-electron chi connectivity index (χ2n) is 6.05. The van der Waals surface area contributed by atoms with Gasteiger partial charge >= 0.3 is 5.97 Å². The summed E-state index contributed by atoms with van der Waals surface area (Å²) in [4.78, 5) is 11.9. The summed E-state index contributed by atoms with van der Waals surface area (Å²) in [6.45, 7) is 2.50. The van der Waals surface area contributed by atoms with Crippen LogP contribution in [0.5, 0.6) is 0 Å². The standard InChI is InChI=1S/C19H16ClN3O2S/c1-12-2-4-13(5-3-12)17-21-22-19(26-16-10-11-25-18(16)24)23(17)15-8-6-14(20)7-9-15/h2-9,16H,10-11H2,1H3/t16-/m1/s1. The number of halogens is 1. The minimum absolute atomic E-state index is 0.197. The van der Waals surface area contributed by atoms with Crippen LogP contribution in [-0.2, 0) is 9.53 Å². The highest BCUT2D eigenvalue weighted by Crippen LogP contribution is 2.33. The van der Waals surface area contributed by atoms with Crippen LogP contribution in [0.4, 0.5) is 0 Å². The van der Waals surface area contributed by atoms with Crippen molar-refractivity contribution in [3.05, 3.63) is 59.1 Å². The van der Waals surface area contributed by atoms with Crippen molar-refractivity contribution in [1.29, 1.82) is 0 Å². The number of ether oxygens (including phenoxy) is 1. The summed E-state index contributed by atoms with van der Waals surface area (Å²) in [5.41, 5.74) is 3.03. The molecule has 0 unspecified atom stereocenters. The molecule has 1 fully saturated rings. The number of carbonyl (C=O) groups is 1. The van der Waals surface area contributed by atoms with Gasteiger partial charge in [-0.1, -0.05) is 53.2 Å². The molecule has 1 aromatic heterocycles. The molecule has 2 heterocycles. The SMILES string of the molecule is Cc1ccc(-c2nnc(S[C@@H]3CCOC3=O)n2-c2ccc(Cl)cc2)cc1. The molecule has 3 aromatic rings. The maximum Gasteiger partial charge on any atom is 0.319 e. The predicted octanol–water partition coefficient (Wildman–Crippen LogP) is 4.30. The Hall–Kier alpha value is -2.31. The number of benzene rings is 2. The van der Waals surface area contributed by atoms with Gasteiger partial charge in [0.05, 0.1) is 6.61 Å². The molecule has 0 bridgehead atoms. The van der Waals surface area contributed by atoms with E-state index in [-0.39, 0.29) is 11.2 Å². The van der Waals surface area contributed by atoms with Crippen LogP contribution in [0.2, 0.25) is 5.02 Å². The van der Waals surface area contributed by atoms with Crippen molar-refractivity contribution in [1.82, 2.24) is 14.8 Å². The lowest BCUT2D eigenvalue weighted by atomic mass is 10.1. The van der Waals surface area contributed by atoms with E-state index < -0.39 is 0 Å². The third-order valence-corrected chi connectivity index (χ3v) is 5.60. The summed E-state index contributed by atoms with van der Waals surface area (Å²) in [5, 5.41) is 9.80.